The minimum absolute atomic E-state index is 0. The second-order valence-corrected chi connectivity index (χ2v) is 6.35. The Balaban J connectivity index is 0.00000156. The van der Waals surface area contributed by atoms with Crippen LogP contribution in [0.15, 0.2) is 18.3 Å². The molecule has 0 radical (unpaired) electrons. The van der Waals surface area contributed by atoms with Crippen LogP contribution in [0.2, 0.25) is 0 Å². The van der Waals surface area contributed by atoms with Crippen molar-refractivity contribution in [2.24, 2.45) is 5.73 Å². The predicted octanol–water partition coefficient (Wildman–Crippen LogP) is 2.04. The van der Waals surface area contributed by atoms with Gasteiger partial charge >= 0.3 is 0 Å². The van der Waals surface area contributed by atoms with Gasteiger partial charge in [-0.05, 0) is 49.8 Å². The van der Waals surface area contributed by atoms with Gasteiger partial charge in [0, 0.05) is 32.4 Å². The molecule has 2 aliphatic heterocycles. The van der Waals surface area contributed by atoms with Crippen LogP contribution >= 0.6 is 24.8 Å². The van der Waals surface area contributed by atoms with E-state index in [-0.39, 0.29) is 42.9 Å². The fourth-order valence-electron chi connectivity index (χ4n) is 3.24. The molecule has 1 amide bonds. The fourth-order valence-corrected chi connectivity index (χ4v) is 3.24. The normalized spacial score (nSPS) is 22.7. The number of halogens is 2. The first-order valence-corrected chi connectivity index (χ1v) is 8.59. The first-order chi connectivity index (χ1) is 11.3. The van der Waals surface area contributed by atoms with E-state index in [1.807, 2.05) is 12.3 Å². The number of pyridine rings is 1. The van der Waals surface area contributed by atoms with Crippen LogP contribution in [0.1, 0.15) is 37.7 Å². The van der Waals surface area contributed by atoms with Crippen molar-refractivity contribution in [2.75, 3.05) is 24.5 Å². The summed E-state index contributed by atoms with van der Waals surface area (Å²) >= 11 is 0. The lowest BCUT2D eigenvalue weighted by Gasteiger charge is -2.28. The van der Waals surface area contributed by atoms with E-state index in [2.05, 4.69) is 21.3 Å². The number of anilines is 1. The van der Waals surface area contributed by atoms with Gasteiger partial charge in [-0.15, -0.1) is 24.8 Å². The second-order valence-electron chi connectivity index (χ2n) is 6.35. The number of nitrogens with two attached hydrogens (primary N) is 1. The molecule has 3 N–H and O–H groups in total. The van der Waals surface area contributed by atoms with Gasteiger partial charge in [-0.25, -0.2) is 4.98 Å². The third-order valence-electron chi connectivity index (χ3n) is 4.62. The number of amides is 1. The first-order valence-electron chi connectivity index (χ1n) is 8.59. The van der Waals surface area contributed by atoms with Crippen LogP contribution in [-0.2, 0) is 16.1 Å². The van der Waals surface area contributed by atoms with E-state index in [0.29, 0.717) is 13.1 Å². The molecule has 1 aromatic rings. The highest BCUT2D eigenvalue weighted by atomic mass is 35.5. The van der Waals surface area contributed by atoms with E-state index in [9.17, 15) is 4.79 Å². The molecule has 0 spiro atoms. The quantitative estimate of drug-likeness (QED) is 0.803. The number of piperidine rings is 1. The highest BCUT2D eigenvalue weighted by Crippen LogP contribution is 2.20. The predicted molar refractivity (Wildman–Crippen MR) is 104 cm³/mol. The first kappa shape index (κ1) is 22.0. The molecule has 3 rings (SSSR count). The Bertz CT molecular complexity index is 541. The number of nitrogens with zero attached hydrogens (tertiary/aromatic N) is 2. The van der Waals surface area contributed by atoms with Crippen LogP contribution in [-0.4, -0.2) is 42.7 Å². The molecule has 1 aromatic heterocycles. The van der Waals surface area contributed by atoms with Crippen molar-refractivity contribution in [1.29, 1.82) is 0 Å². The number of carbonyl (C=O) groups is 1. The molecular weight excluding hydrogens is 363 g/mol. The van der Waals surface area contributed by atoms with Gasteiger partial charge in [-0.3, -0.25) is 4.79 Å². The van der Waals surface area contributed by atoms with Gasteiger partial charge in [0.1, 0.15) is 11.9 Å². The number of nitrogens with one attached hydrogen (secondary N) is 1. The minimum Gasteiger partial charge on any atom is -0.364 e. The molecule has 2 saturated heterocycles. The fraction of sp³-hybridized carbons (Fsp3) is 0.647. The van der Waals surface area contributed by atoms with Crippen LogP contribution in [0, 0.1) is 0 Å². The summed E-state index contributed by atoms with van der Waals surface area (Å²) < 4.78 is 5.62. The van der Waals surface area contributed by atoms with Crippen molar-refractivity contribution in [3.8, 4) is 0 Å². The van der Waals surface area contributed by atoms with E-state index < -0.39 is 0 Å². The molecule has 0 aliphatic carbocycles. The number of hydrogen-bond donors (Lipinski definition) is 2. The lowest BCUT2D eigenvalue weighted by atomic mass is 10.1. The third-order valence-corrected chi connectivity index (χ3v) is 4.62. The average Bonchev–Trinajstić information content (AvgIpc) is 3.10. The molecule has 142 valence electrons. The zero-order valence-corrected chi connectivity index (χ0v) is 16.0. The number of carbonyl (C=O) groups excluding carboxylic acids is 1. The summed E-state index contributed by atoms with van der Waals surface area (Å²) in [4.78, 5) is 18.9. The lowest BCUT2D eigenvalue weighted by Crippen LogP contribution is -2.35. The van der Waals surface area contributed by atoms with Gasteiger partial charge in [-0.1, -0.05) is 0 Å². The molecule has 8 heteroatoms. The number of rotatable bonds is 5. The number of aromatic nitrogens is 1. The molecule has 25 heavy (non-hydrogen) atoms. The Morgan fingerprint density at radius 2 is 2.04 bits per heavy atom. The van der Waals surface area contributed by atoms with Gasteiger partial charge in [0.15, 0.2) is 0 Å². The Kier molecular flexibility index (Phi) is 9.50. The highest BCUT2D eigenvalue weighted by Gasteiger charge is 2.29. The van der Waals surface area contributed by atoms with Crippen LogP contribution in [0.4, 0.5) is 5.82 Å². The van der Waals surface area contributed by atoms with Crippen molar-refractivity contribution in [2.45, 2.75) is 50.9 Å². The SMILES string of the molecule is Cl.Cl.NC[C@H]1CC[C@@H](C(=O)NCc2ccnc(N3CCCCC3)c2)O1. The molecule has 2 atom stereocenters. The van der Waals surface area contributed by atoms with Gasteiger partial charge in [0.05, 0.1) is 6.10 Å². The van der Waals surface area contributed by atoms with Crippen LogP contribution in [0.25, 0.3) is 0 Å². The molecule has 2 aliphatic rings. The lowest BCUT2D eigenvalue weighted by molar-refractivity contribution is -0.132. The maximum atomic E-state index is 12.2. The third kappa shape index (κ3) is 5.99. The van der Waals surface area contributed by atoms with Crippen molar-refractivity contribution in [1.82, 2.24) is 10.3 Å². The van der Waals surface area contributed by atoms with E-state index in [0.717, 1.165) is 37.3 Å². The maximum absolute atomic E-state index is 12.2. The summed E-state index contributed by atoms with van der Waals surface area (Å²) in [6.07, 6.45) is 6.86. The van der Waals surface area contributed by atoms with E-state index in [1.165, 1.54) is 19.3 Å². The topological polar surface area (TPSA) is 80.5 Å². The number of ether oxygens (including phenoxy) is 1. The van der Waals surface area contributed by atoms with Gasteiger partial charge in [0.25, 0.3) is 0 Å². The highest BCUT2D eigenvalue weighted by molar-refractivity contribution is 5.85. The molecular formula is C17H28Cl2N4O2. The smallest absolute Gasteiger partial charge is 0.249 e. The van der Waals surface area contributed by atoms with Crippen molar-refractivity contribution >= 4 is 36.5 Å². The molecule has 6 nitrogen and oxygen atoms in total. The van der Waals surface area contributed by atoms with Crippen LogP contribution < -0.4 is 16.0 Å². The Hall–Kier alpha value is -1.08. The zero-order chi connectivity index (χ0) is 16.1. The van der Waals surface area contributed by atoms with Gasteiger partial charge in [0.2, 0.25) is 5.91 Å². The summed E-state index contributed by atoms with van der Waals surface area (Å²) in [7, 11) is 0. The Morgan fingerprint density at radius 3 is 2.72 bits per heavy atom. The van der Waals surface area contributed by atoms with Crippen molar-refractivity contribution in [3.63, 3.8) is 0 Å². The van der Waals surface area contributed by atoms with Crippen LogP contribution in [0.5, 0.6) is 0 Å². The molecule has 0 saturated carbocycles. The summed E-state index contributed by atoms with van der Waals surface area (Å²) in [5.74, 6) is 0.967. The Labute approximate surface area is 161 Å². The molecule has 0 bridgehead atoms. The molecule has 3 heterocycles. The molecule has 0 aromatic carbocycles. The second kappa shape index (κ2) is 10.8. The van der Waals surface area contributed by atoms with Gasteiger partial charge < -0.3 is 20.7 Å². The average molecular weight is 391 g/mol. The number of hydrogen-bond acceptors (Lipinski definition) is 5. The van der Waals surface area contributed by atoms with Crippen molar-refractivity contribution < 1.29 is 9.53 Å². The van der Waals surface area contributed by atoms with Crippen molar-refractivity contribution in [3.05, 3.63) is 23.9 Å². The summed E-state index contributed by atoms with van der Waals surface area (Å²) in [5, 5.41) is 2.96. The monoisotopic (exact) mass is 390 g/mol. The summed E-state index contributed by atoms with van der Waals surface area (Å²) in [6, 6.07) is 4.02. The molecule has 2 fully saturated rings. The van der Waals surface area contributed by atoms with Crippen LogP contribution in [0.3, 0.4) is 0 Å². The summed E-state index contributed by atoms with van der Waals surface area (Å²) in [6.45, 7) is 3.13. The van der Waals surface area contributed by atoms with E-state index in [4.69, 9.17) is 10.5 Å². The standard InChI is InChI=1S/C17H26N4O2.2ClH/c18-11-14-4-5-15(23-14)17(22)20-12-13-6-7-19-16(10-13)21-8-2-1-3-9-21;;/h6-7,10,14-15H,1-5,8-9,11-12,18H2,(H,20,22);2*1H/t14-,15+;;/m1../s1. The maximum Gasteiger partial charge on any atom is 0.249 e. The zero-order valence-electron chi connectivity index (χ0n) is 14.4. The molecule has 0 unspecified atom stereocenters. The van der Waals surface area contributed by atoms with Gasteiger partial charge in [-0.2, -0.15) is 0 Å². The van der Waals surface area contributed by atoms with E-state index >= 15 is 0 Å². The summed E-state index contributed by atoms with van der Waals surface area (Å²) in [5.41, 5.74) is 6.65. The van der Waals surface area contributed by atoms with E-state index in [1.54, 1.807) is 0 Å². The Morgan fingerprint density at radius 1 is 1.28 bits per heavy atom. The largest absolute Gasteiger partial charge is 0.364 e. The minimum atomic E-state index is -0.355.